The summed E-state index contributed by atoms with van der Waals surface area (Å²) in [6.45, 7) is 3.10. The first-order valence-corrected chi connectivity index (χ1v) is 14.3. The average Bonchev–Trinajstić information content (AvgIpc) is 2.90. The van der Waals surface area contributed by atoms with Gasteiger partial charge in [-0.15, -0.1) is 0 Å². The molecule has 0 fully saturated rings. The molecule has 0 saturated carbocycles. The maximum atomic E-state index is 10.5. The summed E-state index contributed by atoms with van der Waals surface area (Å²) >= 11 is 0. The molecule has 37 heavy (non-hydrogen) atoms. The van der Waals surface area contributed by atoms with Crippen molar-refractivity contribution in [1.82, 2.24) is 0 Å². The van der Waals surface area contributed by atoms with Crippen LogP contribution in [0.15, 0.2) is 84.9 Å². The Morgan fingerprint density at radius 2 is 1.11 bits per heavy atom. The fraction of sp³-hybridized carbons (Fsp3) is 0.367. The number of hydrogen-bond acceptors (Lipinski definition) is 3. The number of rotatable bonds is 13. The summed E-state index contributed by atoms with van der Waals surface area (Å²) in [7, 11) is -0.991. The predicted octanol–water partition coefficient (Wildman–Crippen LogP) is 6.00. The van der Waals surface area contributed by atoms with Crippen molar-refractivity contribution in [2.75, 3.05) is 6.61 Å². The molecule has 0 aliphatic carbocycles. The largest absolute Gasteiger partial charge is 0.542 e. The van der Waals surface area contributed by atoms with Crippen LogP contribution in [0.25, 0.3) is 0 Å². The van der Waals surface area contributed by atoms with Gasteiger partial charge in [-0.25, -0.2) is 0 Å². The zero-order valence-corrected chi connectivity index (χ0v) is 22.3. The minimum absolute atomic E-state index is 0.823. The summed E-state index contributed by atoms with van der Waals surface area (Å²) in [6.07, 6.45) is 5.45. The van der Waals surface area contributed by atoms with Crippen LogP contribution in [-0.2, 0) is 4.79 Å². The van der Waals surface area contributed by atoms with Crippen molar-refractivity contribution in [3.63, 3.8) is 0 Å². The first-order chi connectivity index (χ1) is 17.8. The molecule has 3 aromatic rings. The number of carboxylic acid groups (broad SMARTS) is 1. The van der Waals surface area contributed by atoms with E-state index in [0.717, 1.165) is 18.8 Å². The summed E-state index contributed by atoms with van der Waals surface area (Å²) in [5.74, 6) is -2.02. The molecule has 3 aromatic carbocycles. The van der Waals surface area contributed by atoms with E-state index in [0.29, 0.717) is 0 Å². The molecule has 0 aliphatic rings. The van der Waals surface area contributed by atoms with E-state index in [1.54, 1.807) is 0 Å². The Balaban J connectivity index is 0.000000604. The highest BCUT2D eigenvalue weighted by Gasteiger charge is 2.29. The van der Waals surface area contributed by atoms with Gasteiger partial charge in [-0.3, -0.25) is 0 Å². The summed E-state index contributed by atoms with van der Waals surface area (Å²) in [5.41, 5.74) is 0. The molecule has 3 rings (SSSR count). The first kappa shape index (κ1) is 30.4. The highest BCUT2D eigenvalue weighted by molar-refractivity contribution is 7.79. The normalized spacial score (nSPS) is 11.1. The quantitative estimate of drug-likeness (QED) is 0.201. The number of aliphatic carboxylic acids is 1. The molecule has 0 radical (unpaired) electrons. The lowest BCUT2D eigenvalue weighted by molar-refractivity contribution is -0.344. The third kappa shape index (κ3) is 11.8. The lowest BCUT2D eigenvalue weighted by Crippen LogP contribution is -2.37. The molecule has 0 aliphatic heterocycles. The van der Waals surface area contributed by atoms with Crippen LogP contribution in [0.3, 0.4) is 0 Å². The van der Waals surface area contributed by atoms with Crippen LogP contribution in [0.5, 0.6) is 5.75 Å². The molecule has 0 N–H and O–H groups in total. The Morgan fingerprint density at radius 3 is 1.54 bits per heavy atom. The summed E-state index contributed by atoms with van der Waals surface area (Å²) in [5, 5.41) is 13.0. The Morgan fingerprint density at radius 1 is 0.703 bits per heavy atom. The lowest BCUT2D eigenvalue weighted by atomic mass is 10.1. The molecule has 0 aromatic heterocycles. The van der Waals surface area contributed by atoms with Gasteiger partial charge in [-0.1, -0.05) is 88.3 Å². The lowest BCUT2D eigenvalue weighted by Gasteiger charge is -2.12. The third-order valence-electron chi connectivity index (χ3n) is 5.77. The monoisotopic (exact) mass is 532 g/mol. The number of alkyl halides is 3. The van der Waals surface area contributed by atoms with Crippen LogP contribution in [-0.4, -0.2) is 18.8 Å². The molecule has 0 atom stereocenters. The van der Waals surface area contributed by atoms with Crippen LogP contribution in [0.1, 0.15) is 58.3 Å². The molecule has 200 valence electrons. The van der Waals surface area contributed by atoms with Crippen molar-refractivity contribution in [2.45, 2.75) is 64.5 Å². The van der Waals surface area contributed by atoms with Crippen molar-refractivity contribution >= 4 is 29.8 Å². The third-order valence-corrected chi connectivity index (χ3v) is 8.50. The minimum atomic E-state index is -5.19. The van der Waals surface area contributed by atoms with Crippen LogP contribution in [0, 0.1) is 0 Å². The van der Waals surface area contributed by atoms with Crippen LogP contribution >= 0.6 is 7.92 Å². The van der Waals surface area contributed by atoms with E-state index < -0.39 is 20.1 Å². The number of hydrogen-bond donors (Lipinski definition) is 0. The van der Waals surface area contributed by atoms with Crippen molar-refractivity contribution in [3.8, 4) is 5.75 Å². The Hall–Kier alpha value is -2.85. The van der Waals surface area contributed by atoms with E-state index in [2.05, 4.69) is 91.9 Å². The van der Waals surface area contributed by atoms with E-state index in [-0.39, 0.29) is 0 Å². The van der Waals surface area contributed by atoms with Gasteiger partial charge in [0.1, 0.15) is 27.6 Å². The molecule has 7 heteroatoms. The van der Waals surface area contributed by atoms with Gasteiger partial charge in [-0.05, 0) is 55.0 Å². The van der Waals surface area contributed by atoms with Crippen LogP contribution in [0.4, 0.5) is 13.2 Å². The van der Waals surface area contributed by atoms with Gasteiger partial charge in [0.25, 0.3) is 0 Å². The first-order valence-electron chi connectivity index (χ1n) is 12.8. The molecule has 3 nitrogen and oxygen atoms in total. The van der Waals surface area contributed by atoms with E-state index >= 15 is 0 Å². The predicted molar refractivity (Wildman–Crippen MR) is 146 cm³/mol. The average molecular weight is 533 g/mol. The summed E-state index contributed by atoms with van der Waals surface area (Å²) in [4.78, 5) is 8.78. The fourth-order valence-electron chi connectivity index (χ4n) is 3.85. The smallest absolute Gasteiger partial charge is 0.430 e. The van der Waals surface area contributed by atoms with E-state index in [1.165, 1.54) is 60.9 Å². The van der Waals surface area contributed by atoms with Gasteiger partial charge in [0.15, 0.2) is 0 Å². The highest BCUT2D eigenvalue weighted by atomic mass is 31.1. The number of carboxylic acids is 1. The Bertz CT molecular complexity index is 970. The SMILES string of the molecule is CCCCCCCCCCOc1ccc([PH+](c2ccccc2)c2ccccc2)cc1.O=C([O-])C(F)(F)F. The second kappa shape index (κ2) is 16.8. The van der Waals surface area contributed by atoms with Crippen LogP contribution in [0.2, 0.25) is 0 Å². The fourth-order valence-corrected chi connectivity index (χ4v) is 6.40. The molecule has 0 amide bonds. The van der Waals surface area contributed by atoms with Gasteiger partial charge in [0.2, 0.25) is 0 Å². The maximum absolute atomic E-state index is 10.5. The Labute approximate surface area is 219 Å². The van der Waals surface area contributed by atoms with Gasteiger partial charge in [0, 0.05) is 0 Å². The standard InChI is InChI=1S/C28H35OP.C2HF3O2/c1-2-3-4-5-6-7-8-15-24-29-25-20-22-28(23-21-25)30(26-16-11-9-12-17-26)27-18-13-10-14-19-27;3-2(4,5)1(6)7/h9-14,16-23H,2-8,15,24H2,1H3;(H,6,7). The van der Waals surface area contributed by atoms with Gasteiger partial charge in [-0.2, -0.15) is 13.2 Å². The molecule has 0 bridgehead atoms. The summed E-state index contributed by atoms with van der Waals surface area (Å²) < 4.78 is 37.6. The molecule has 0 spiro atoms. The minimum Gasteiger partial charge on any atom is -0.542 e. The number of ether oxygens (including phenoxy) is 1. The second-order valence-corrected chi connectivity index (χ2v) is 11.2. The summed E-state index contributed by atoms with van der Waals surface area (Å²) in [6, 6.07) is 30.6. The Kier molecular flexibility index (Phi) is 13.8. The zero-order valence-electron chi connectivity index (χ0n) is 21.3. The van der Waals surface area contributed by atoms with Crippen molar-refractivity contribution in [1.29, 1.82) is 0 Å². The van der Waals surface area contributed by atoms with Gasteiger partial charge >= 0.3 is 6.18 Å². The van der Waals surface area contributed by atoms with Gasteiger partial charge < -0.3 is 14.6 Å². The molecule has 0 saturated heterocycles. The molecule has 0 heterocycles. The number of unbranched alkanes of at least 4 members (excludes halogenated alkanes) is 7. The maximum Gasteiger partial charge on any atom is 0.430 e. The highest BCUT2D eigenvalue weighted by Crippen LogP contribution is 2.33. The number of benzene rings is 3. The van der Waals surface area contributed by atoms with Crippen molar-refractivity contribution < 1.29 is 27.8 Å². The molecule has 0 unspecified atom stereocenters. The topological polar surface area (TPSA) is 49.4 Å². The number of carbonyl (C=O) groups excluding carboxylic acids is 1. The zero-order chi connectivity index (χ0) is 26.9. The molecular weight excluding hydrogens is 496 g/mol. The van der Waals surface area contributed by atoms with Crippen molar-refractivity contribution in [3.05, 3.63) is 84.9 Å². The second-order valence-electron chi connectivity index (χ2n) is 8.74. The number of halogens is 3. The van der Waals surface area contributed by atoms with Crippen molar-refractivity contribution in [2.24, 2.45) is 0 Å². The van der Waals surface area contributed by atoms with E-state index in [4.69, 9.17) is 14.6 Å². The van der Waals surface area contributed by atoms with E-state index in [1.807, 2.05) is 0 Å². The molecular formula is C30H36F3O3P. The van der Waals surface area contributed by atoms with Gasteiger partial charge in [0.05, 0.1) is 14.5 Å². The number of carbonyl (C=O) groups is 1. The van der Waals surface area contributed by atoms with E-state index in [9.17, 15) is 13.2 Å². The van der Waals surface area contributed by atoms with Crippen LogP contribution < -0.4 is 25.8 Å².